The smallest absolute Gasteiger partial charge is 0.410 e. The summed E-state index contributed by atoms with van der Waals surface area (Å²) in [5.41, 5.74) is 0.774. The Bertz CT molecular complexity index is 592. The zero-order chi connectivity index (χ0) is 16.6. The number of aromatic nitrogens is 1. The van der Waals surface area contributed by atoms with Crippen molar-refractivity contribution in [3.05, 3.63) is 22.4 Å². The van der Waals surface area contributed by atoms with E-state index in [4.69, 9.17) is 9.47 Å². The van der Waals surface area contributed by atoms with Gasteiger partial charge in [-0.25, -0.2) is 9.78 Å². The van der Waals surface area contributed by atoms with Gasteiger partial charge < -0.3 is 14.4 Å². The topological polar surface area (TPSA) is 51.7 Å². The molecule has 0 N–H and O–H groups in total. The Morgan fingerprint density at radius 1 is 1.39 bits per heavy atom. The number of rotatable bonds is 1. The zero-order valence-corrected chi connectivity index (χ0v) is 15.4. The van der Waals surface area contributed by atoms with Crippen molar-refractivity contribution in [1.82, 2.24) is 9.88 Å². The number of carbonyl (C=O) groups excluding carboxylic acids is 1. The summed E-state index contributed by atoms with van der Waals surface area (Å²) in [5.74, 6) is 1.37. The summed E-state index contributed by atoms with van der Waals surface area (Å²) in [5, 5.41) is 0. The van der Waals surface area contributed by atoms with Crippen molar-refractivity contribution in [1.29, 1.82) is 0 Å². The van der Waals surface area contributed by atoms with Gasteiger partial charge in [-0.1, -0.05) is 0 Å². The van der Waals surface area contributed by atoms with Gasteiger partial charge in [0.1, 0.15) is 22.1 Å². The van der Waals surface area contributed by atoms with Gasteiger partial charge in [-0.05, 0) is 61.5 Å². The molecule has 3 heterocycles. The van der Waals surface area contributed by atoms with Crippen LogP contribution in [0.2, 0.25) is 0 Å². The third-order valence-corrected chi connectivity index (χ3v) is 4.77. The number of halogens is 1. The second-order valence-electron chi connectivity index (χ2n) is 7.28. The molecule has 0 aliphatic carbocycles. The Kier molecular flexibility index (Phi) is 4.54. The molecule has 0 spiro atoms. The van der Waals surface area contributed by atoms with E-state index in [1.165, 1.54) is 5.56 Å². The van der Waals surface area contributed by atoms with Gasteiger partial charge in [0.15, 0.2) is 0 Å². The lowest BCUT2D eigenvalue weighted by Crippen LogP contribution is -2.44. The van der Waals surface area contributed by atoms with Crippen LogP contribution in [0.25, 0.3) is 0 Å². The minimum Gasteiger partial charge on any atom is -0.488 e. The summed E-state index contributed by atoms with van der Waals surface area (Å²) in [6.07, 6.45) is 4.60. The Labute approximate surface area is 145 Å². The third-order valence-electron chi connectivity index (χ3n) is 4.33. The van der Waals surface area contributed by atoms with Crippen LogP contribution in [0.5, 0.6) is 5.75 Å². The molecule has 1 saturated heterocycles. The molecule has 1 aromatic heterocycles. The zero-order valence-electron chi connectivity index (χ0n) is 13.8. The van der Waals surface area contributed by atoms with Gasteiger partial charge in [0.25, 0.3) is 0 Å². The van der Waals surface area contributed by atoms with E-state index in [0.29, 0.717) is 5.92 Å². The van der Waals surface area contributed by atoms with Crippen LogP contribution >= 0.6 is 15.9 Å². The van der Waals surface area contributed by atoms with Crippen LogP contribution in [0.4, 0.5) is 4.79 Å². The molecule has 0 saturated carbocycles. The van der Waals surface area contributed by atoms with Gasteiger partial charge in [0, 0.05) is 25.1 Å². The number of nitrogens with zero attached hydrogens (tertiary/aromatic N) is 2. The molecule has 1 amide bonds. The minimum atomic E-state index is -0.440. The molecule has 1 unspecified atom stereocenters. The van der Waals surface area contributed by atoms with Gasteiger partial charge in [0.2, 0.25) is 0 Å². The van der Waals surface area contributed by atoms with Crippen LogP contribution in [0.15, 0.2) is 16.9 Å². The predicted molar refractivity (Wildman–Crippen MR) is 90.6 cm³/mol. The quantitative estimate of drug-likeness (QED) is 0.693. The molecule has 5 nitrogen and oxygen atoms in total. The van der Waals surface area contributed by atoms with E-state index in [2.05, 4.69) is 20.9 Å². The average Bonchev–Trinajstić information content (AvgIpc) is 2.88. The molecule has 1 aromatic rings. The second kappa shape index (κ2) is 6.30. The molecular formula is C17H23BrN2O3. The number of likely N-dealkylation sites (tertiary alicyclic amines) is 1. The minimum absolute atomic E-state index is 0.196. The number of hydrogen-bond donors (Lipinski definition) is 0. The molecule has 2 aliphatic rings. The van der Waals surface area contributed by atoms with Crippen molar-refractivity contribution in [3.8, 4) is 5.75 Å². The number of pyridine rings is 1. The SMILES string of the molecule is CC(C)(C)OC(=O)N1CCC(C2Cc3cc(Br)ncc3O2)CC1. The summed E-state index contributed by atoms with van der Waals surface area (Å²) in [6.45, 7) is 7.16. The maximum atomic E-state index is 12.1. The van der Waals surface area contributed by atoms with Crippen LogP contribution in [-0.4, -0.2) is 40.8 Å². The van der Waals surface area contributed by atoms with Crippen molar-refractivity contribution in [2.45, 2.75) is 51.7 Å². The molecular weight excluding hydrogens is 360 g/mol. The number of carbonyl (C=O) groups is 1. The molecule has 23 heavy (non-hydrogen) atoms. The van der Waals surface area contributed by atoms with Crippen molar-refractivity contribution >= 4 is 22.0 Å². The number of amides is 1. The molecule has 126 valence electrons. The Hall–Kier alpha value is -1.30. The summed E-state index contributed by atoms with van der Waals surface area (Å²) in [4.78, 5) is 18.1. The third kappa shape index (κ3) is 3.97. The molecule has 1 fully saturated rings. The van der Waals surface area contributed by atoms with E-state index in [9.17, 15) is 4.79 Å². The van der Waals surface area contributed by atoms with Crippen LogP contribution in [-0.2, 0) is 11.2 Å². The first kappa shape index (κ1) is 16.6. The Balaban J connectivity index is 1.53. The first-order valence-corrected chi connectivity index (χ1v) is 8.90. The highest BCUT2D eigenvalue weighted by atomic mass is 79.9. The van der Waals surface area contributed by atoms with E-state index >= 15 is 0 Å². The van der Waals surface area contributed by atoms with E-state index in [-0.39, 0.29) is 12.2 Å². The first-order chi connectivity index (χ1) is 10.8. The lowest BCUT2D eigenvalue weighted by Gasteiger charge is -2.35. The maximum Gasteiger partial charge on any atom is 0.410 e. The number of ether oxygens (including phenoxy) is 2. The average molecular weight is 383 g/mol. The lowest BCUT2D eigenvalue weighted by molar-refractivity contribution is 0.0123. The number of fused-ring (bicyclic) bond motifs is 1. The normalized spacial score (nSPS) is 21.7. The largest absolute Gasteiger partial charge is 0.488 e. The summed E-state index contributed by atoms with van der Waals surface area (Å²) in [6, 6.07) is 2.03. The van der Waals surface area contributed by atoms with Crippen molar-refractivity contribution < 1.29 is 14.3 Å². The molecule has 0 aromatic carbocycles. The van der Waals surface area contributed by atoms with Gasteiger partial charge in [0.05, 0.1) is 6.20 Å². The van der Waals surface area contributed by atoms with Gasteiger partial charge in [-0.15, -0.1) is 0 Å². The van der Waals surface area contributed by atoms with Crippen LogP contribution < -0.4 is 4.74 Å². The second-order valence-corrected chi connectivity index (χ2v) is 8.09. The van der Waals surface area contributed by atoms with Crippen molar-refractivity contribution in [2.75, 3.05) is 13.1 Å². The molecule has 3 rings (SSSR count). The standard InChI is InChI=1S/C17H23BrN2O3/c1-17(2,3)23-16(21)20-6-4-11(5-7-20)13-8-12-9-15(18)19-10-14(12)22-13/h9-11,13H,4-8H2,1-3H3. The van der Waals surface area contributed by atoms with E-state index in [1.807, 2.05) is 31.7 Å². The molecule has 2 aliphatic heterocycles. The van der Waals surface area contributed by atoms with Gasteiger partial charge >= 0.3 is 6.09 Å². The Morgan fingerprint density at radius 3 is 2.74 bits per heavy atom. The number of piperidine rings is 1. The first-order valence-electron chi connectivity index (χ1n) is 8.11. The van der Waals surface area contributed by atoms with Gasteiger partial charge in [-0.3, -0.25) is 0 Å². The molecule has 0 bridgehead atoms. The van der Waals surface area contributed by atoms with Crippen LogP contribution in [0.3, 0.4) is 0 Å². The highest BCUT2D eigenvalue weighted by Crippen LogP contribution is 2.35. The molecule has 6 heteroatoms. The predicted octanol–water partition coefficient (Wildman–Crippen LogP) is 3.79. The van der Waals surface area contributed by atoms with Crippen molar-refractivity contribution in [3.63, 3.8) is 0 Å². The maximum absolute atomic E-state index is 12.1. The highest BCUT2D eigenvalue weighted by molar-refractivity contribution is 9.10. The molecule has 1 atom stereocenters. The van der Waals surface area contributed by atoms with Crippen molar-refractivity contribution in [2.24, 2.45) is 5.92 Å². The fourth-order valence-electron chi connectivity index (χ4n) is 3.19. The van der Waals surface area contributed by atoms with Gasteiger partial charge in [-0.2, -0.15) is 0 Å². The van der Waals surface area contributed by atoms with E-state index in [0.717, 1.165) is 42.7 Å². The molecule has 0 radical (unpaired) electrons. The summed E-state index contributed by atoms with van der Waals surface area (Å²) < 4.78 is 12.4. The van der Waals surface area contributed by atoms with Crippen LogP contribution in [0.1, 0.15) is 39.2 Å². The fourth-order valence-corrected chi connectivity index (χ4v) is 3.56. The van der Waals surface area contributed by atoms with Crippen LogP contribution in [0, 0.1) is 5.92 Å². The lowest BCUT2D eigenvalue weighted by atomic mass is 9.89. The van der Waals surface area contributed by atoms with E-state index in [1.54, 1.807) is 6.20 Å². The van der Waals surface area contributed by atoms with E-state index < -0.39 is 5.60 Å². The summed E-state index contributed by atoms with van der Waals surface area (Å²) in [7, 11) is 0. The Morgan fingerprint density at radius 2 is 2.09 bits per heavy atom. The summed E-state index contributed by atoms with van der Waals surface area (Å²) >= 11 is 3.40. The number of hydrogen-bond acceptors (Lipinski definition) is 4. The monoisotopic (exact) mass is 382 g/mol. The fraction of sp³-hybridized carbons (Fsp3) is 0.647. The highest BCUT2D eigenvalue weighted by Gasteiger charge is 2.35.